The molecule has 0 saturated heterocycles. The summed E-state index contributed by atoms with van der Waals surface area (Å²) >= 11 is 7.91. The van der Waals surface area contributed by atoms with Gasteiger partial charge in [0.05, 0.1) is 6.04 Å². The lowest BCUT2D eigenvalue weighted by Gasteiger charge is -2.19. The normalized spacial score (nSPS) is 22.2. The van der Waals surface area contributed by atoms with Gasteiger partial charge in [-0.25, -0.2) is 0 Å². The number of anilines is 1. The molecule has 1 N–H and O–H groups in total. The molecule has 0 amide bonds. The van der Waals surface area contributed by atoms with E-state index in [1.807, 2.05) is 23.9 Å². The van der Waals surface area contributed by atoms with Crippen molar-refractivity contribution in [2.45, 2.75) is 29.5 Å². The molecule has 0 saturated carbocycles. The predicted octanol–water partition coefficient (Wildman–Crippen LogP) is 5.38. The first kappa shape index (κ1) is 12.9. The molecule has 0 unspecified atom stereocenters. The molecular formula is C16H16ClNS. The van der Waals surface area contributed by atoms with Crippen LogP contribution in [0, 0.1) is 0 Å². The van der Waals surface area contributed by atoms with Crippen LogP contribution >= 0.6 is 23.4 Å². The van der Waals surface area contributed by atoms with Gasteiger partial charge >= 0.3 is 0 Å². The number of hydrogen-bond acceptors (Lipinski definition) is 2. The van der Waals surface area contributed by atoms with Crippen molar-refractivity contribution in [3.8, 4) is 0 Å². The van der Waals surface area contributed by atoms with E-state index >= 15 is 0 Å². The highest BCUT2D eigenvalue weighted by Gasteiger charge is 2.21. The minimum atomic E-state index is 0.350. The van der Waals surface area contributed by atoms with Gasteiger partial charge in [0.1, 0.15) is 0 Å². The van der Waals surface area contributed by atoms with Crippen LogP contribution in [0.3, 0.4) is 0 Å². The quantitative estimate of drug-likeness (QED) is 0.756. The van der Waals surface area contributed by atoms with Crippen molar-refractivity contribution in [3.63, 3.8) is 0 Å². The Balaban J connectivity index is 1.93. The molecule has 19 heavy (non-hydrogen) atoms. The number of nitrogens with one attached hydrogen (secondary N) is 1. The van der Waals surface area contributed by atoms with Crippen LogP contribution in [-0.4, -0.2) is 5.25 Å². The van der Waals surface area contributed by atoms with E-state index < -0.39 is 0 Å². The Kier molecular flexibility index (Phi) is 3.72. The van der Waals surface area contributed by atoms with E-state index in [0.29, 0.717) is 11.3 Å². The third kappa shape index (κ3) is 2.90. The van der Waals surface area contributed by atoms with E-state index in [9.17, 15) is 0 Å². The fourth-order valence-corrected chi connectivity index (χ4v) is 3.71. The average Bonchev–Trinajstić information content (AvgIpc) is 2.57. The Morgan fingerprint density at radius 2 is 1.84 bits per heavy atom. The van der Waals surface area contributed by atoms with Crippen molar-refractivity contribution in [2.75, 3.05) is 5.32 Å². The third-order valence-corrected chi connectivity index (χ3v) is 4.84. The molecule has 1 nitrogen and oxygen atoms in total. The summed E-state index contributed by atoms with van der Waals surface area (Å²) in [4.78, 5) is 1.34. The van der Waals surface area contributed by atoms with Gasteiger partial charge in [-0.2, -0.15) is 0 Å². The molecule has 0 fully saturated rings. The summed E-state index contributed by atoms with van der Waals surface area (Å²) in [6.45, 7) is 2.29. The van der Waals surface area contributed by atoms with Gasteiger partial charge in [-0.3, -0.25) is 0 Å². The monoisotopic (exact) mass is 289 g/mol. The summed E-state index contributed by atoms with van der Waals surface area (Å²) in [5.74, 6) is 0. The second-order valence-electron chi connectivity index (χ2n) is 4.91. The first-order valence-electron chi connectivity index (χ1n) is 6.50. The van der Waals surface area contributed by atoms with E-state index in [4.69, 9.17) is 11.6 Å². The van der Waals surface area contributed by atoms with Crippen molar-refractivity contribution in [1.82, 2.24) is 0 Å². The molecule has 0 radical (unpaired) electrons. The summed E-state index contributed by atoms with van der Waals surface area (Å²) in [5.41, 5.74) is 2.53. The van der Waals surface area contributed by atoms with E-state index in [1.165, 1.54) is 16.1 Å². The maximum absolute atomic E-state index is 5.97. The zero-order valence-electron chi connectivity index (χ0n) is 10.8. The van der Waals surface area contributed by atoms with Gasteiger partial charge in [-0.05, 0) is 36.2 Å². The van der Waals surface area contributed by atoms with Crippen LogP contribution in [0.1, 0.15) is 24.9 Å². The van der Waals surface area contributed by atoms with E-state index in [-0.39, 0.29) is 0 Å². The molecule has 1 heterocycles. The molecule has 1 aliphatic rings. The maximum Gasteiger partial charge on any atom is 0.0524 e. The zero-order chi connectivity index (χ0) is 13.2. The SMILES string of the molecule is C[C@H]1C[C@@H](c2ccc(Cl)cc2)Nc2ccccc2S1. The second kappa shape index (κ2) is 5.48. The highest BCUT2D eigenvalue weighted by atomic mass is 35.5. The maximum atomic E-state index is 5.97. The second-order valence-corrected chi connectivity index (χ2v) is 6.83. The molecule has 3 heteroatoms. The highest BCUT2D eigenvalue weighted by molar-refractivity contribution is 8.00. The molecule has 3 rings (SSSR count). The zero-order valence-corrected chi connectivity index (χ0v) is 12.3. The van der Waals surface area contributed by atoms with Gasteiger partial charge < -0.3 is 5.32 Å². The van der Waals surface area contributed by atoms with Gasteiger partial charge in [0, 0.05) is 20.9 Å². The van der Waals surface area contributed by atoms with Crippen LogP contribution < -0.4 is 5.32 Å². The summed E-state index contributed by atoms with van der Waals surface area (Å²) in [5, 5.41) is 5.05. The van der Waals surface area contributed by atoms with Crippen molar-refractivity contribution >= 4 is 29.1 Å². The van der Waals surface area contributed by atoms with Crippen molar-refractivity contribution in [2.24, 2.45) is 0 Å². The van der Waals surface area contributed by atoms with Crippen LogP contribution in [0.2, 0.25) is 5.02 Å². The molecule has 2 atom stereocenters. The summed E-state index contributed by atoms with van der Waals surface area (Å²) in [6, 6.07) is 17.0. The average molecular weight is 290 g/mol. The van der Waals surface area contributed by atoms with Crippen LogP contribution in [-0.2, 0) is 0 Å². The fraction of sp³-hybridized carbons (Fsp3) is 0.250. The minimum absolute atomic E-state index is 0.350. The number of rotatable bonds is 1. The Labute approximate surface area is 123 Å². The lowest BCUT2D eigenvalue weighted by Crippen LogP contribution is -2.12. The summed E-state index contributed by atoms with van der Waals surface area (Å²) < 4.78 is 0. The molecule has 0 aliphatic carbocycles. The highest BCUT2D eigenvalue weighted by Crippen LogP contribution is 2.40. The Morgan fingerprint density at radius 1 is 1.11 bits per heavy atom. The summed E-state index contributed by atoms with van der Waals surface area (Å²) in [7, 11) is 0. The number of para-hydroxylation sites is 1. The number of halogens is 1. The lowest BCUT2D eigenvalue weighted by atomic mass is 10.0. The molecule has 1 aliphatic heterocycles. The Bertz CT molecular complexity index is 567. The minimum Gasteiger partial charge on any atom is -0.377 e. The third-order valence-electron chi connectivity index (χ3n) is 3.38. The largest absolute Gasteiger partial charge is 0.377 e. The summed E-state index contributed by atoms with van der Waals surface area (Å²) in [6.07, 6.45) is 1.11. The molecule has 2 aromatic carbocycles. The lowest BCUT2D eigenvalue weighted by molar-refractivity contribution is 0.694. The topological polar surface area (TPSA) is 12.0 Å². The number of thioether (sulfide) groups is 1. The smallest absolute Gasteiger partial charge is 0.0524 e. The Hall–Kier alpha value is -1.12. The number of benzene rings is 2. The van der Waals surface area contributed by atoms with Crippen LogP contribution in [0.25, 0.3) is 0 Å². The number of hydrogen-bond donors (Lipinski definition) is 1. The molecule has 0 aromatic heterocycles. The molecule has 0 bridgehead atoms. The van der Waals surface area contributed by atoms with Crippen molar-refractivity contribution < 1.29 is 0 Å². The first-order valence-corrected chi connectivity index (χ1v) is 7.76. The van der Waals surface area contributed by atoms with Crippen molar-refractivity contribution in [3.05, 3.63) is 59.1 Å². The van der Waals surface area contributed by atoms with E-state index in [0.717, 1.165) is 11.4 Å². The predicted molar refractivity (Wildman–Crippen MR) is 84.2 cm³/mol. The molecular weight excluding hydrogens is 274 g/mol. The molecule has 2 aromatic rings. The van der Waals surface area contributed by atoms with E-state index in [1.54, 1.807) is 0 Å². The van der Waals surface area contributed by atoms with Gasteiger partial charge in [0.15, 0.2) is 0 Å². The fourth-order valence-electron chi connectivity index (χ4n) is 2.45. The van der Waals surface area contributed by atoms with Crippen LogP contribution in [0.5, 0.6) is 0 Å². The van der Waals surface area contributed by atoms with Gasteiger partial charge in [0.2, 0.25) is 0 Å². The van der Waals surface area contributed by atoms with Gasteiger partial charge in [0.25, 0.3) is 0 Å². The first-order chi connectivity index (χ1) is 9.22. The van der Waals surface area contributed by atoms with Crippen molar-refractivity contribution in [1.29, 1.82) is 0 Å². The Morgan fingerprint density at radius 3 is 2.63 bits per heavy atom. The van der Waals surface area contributed by atoms with E-state index in [2.05, 4.69) is 48.6 Å². The van der Waals surface area contributed by atoms with Crippen LogP contribution in [0.4, 0.5) is 5.69 Å². The van der Waals surface area contributed by atoms with Gasteiger partial charge in [-0.15, -0.1) is 11.8 Å². The standard InChI is InChI=1S/C16H16ClNS/c1-11-10-15(12-6-8-13(17)9-7-12)18-14-4-2-3-5-16(14)19-11/h2-9,11,15,18H,10H2,1H3/t11-,15-/m0/s1. The van der Waals surface area contributed by atoms with Crippen LogP contribution in [0.15, 0.2) is 53.4 Å². The number of fused-ring (bicyclic) bond motifs is 1. The van der Waals surface area contributed by atoms with Gasteiger partial charge in [-0.1, -0.05) is 42.8 Å². The molecule has 0 spiro atoms. The molecule has 98 valence electrons.